The van der Waals surface area contributed by atoms with E-state index in [0.717, 1.165) is 44.6 Å². The summed E-state index contributed by atoms with van der Waals surface area (Å²) >= 11 is 0. The molecule has 0 spiro atoms. The molecular formula is C25H36N4O3. The molecule has 174 valence electrons. The molecule has 0 unspecified atom stereocenters. The fraction of sp³-hybridized carbons (Fsp3) is 0.640. The summed E-state index contributed by atoms with van der Waals surface area (Å²) in [5.74, 6) is -0.290. The first-order chi connectivity index (χ1) is 15.6. The van der Waals surface area contributed by atoms with Crippen molar-refractivity contribution in [3.05, 3.63) is 29.8 Å². The first-order valence-electron chi connectivity index (χ1n) is 12.3. The second kappa shape index (κ2) is 10.5. The molecule has 7 heteroatoms. The average molecular weight is 441 g/mol. The van der Waals surface area contributed by atoms with Crippen LogP contribution in [0.2, 0.25) is 0 Å². The topological polar surface area (TPSA) is 81.8 Å². The first-order valence-corrected chi connectivity index (χ1v) is 12.3. The van der Waals surface area contributed by atoms with Crippen LogP contribution in [0.1, 0.15) is 74.6 Å². The third-order valence-corrected chi connectivity index (χ3v) is 7.35. The standard InChI is InChI=1S/C25H36N4O3/c30-22(27-19-25(13-3-1-4-14-25)28-15-5-2-6-16-28)18-26-24(32)20-9-11-21(12-10-20)29-17-7-8-23(29)31/h9-12H,1-8,13-19H2,(H,26,32)(H,27,30). The zero-order valence-electron chi connectivity index (χ0n) is 19.0. The molecule has 0 atom stereocenters. The Morgan fingerprint density at radius 2 is 1.53 bits per heavy atom. The molecular weight excluding hydrogens is 404 g/mol. The highest BCUT2D eigenvalue weighted by Gasteiger charge is 2.38. The Balaban J connectivity index is 1.26. The lowest BCUT2D eigenvalue weighted by atomic mass is 9.79. The van der Waals surface area contributed by atoms with Crippen LogP contribution in [0.5, 0.6) is 0 Å². The number of anilines is 1. The molecule has 3 fully saturated rings. The second-order valence-corrected chi connectivity index (χ2v) is 9.49. The molecule has 0 aromatic heterocycles. The number of hydrogen-bond donors (Lipinski definition) is 2. The smallest absolute Gasteiger partial charge is 0.251 e. The van der Waals surface area contributed by atoms with Gasteiger partial charge in [0.15, 0.2) is 0 Å². The summed E-state index contributed by atoms with van der Waals surface area (Å²) < 4.78 is 0. The van der Waals surface area contributed by atoms with Crippen molar-refractivity contribution in [3.63, 3.8) is 0 Å². The Hall–Kier alpha value is -2.41. The number of nitrogens with one attached hydrogen (secondary N) is 2. The van der Waals surface area contributed by atoms with E-state index < -0.39 is 0 Å². The quantitative estimate of drug-likeness (QED) is 0.683. The van der Waals surface area contributed by atoms with Crippen LogP contribution in [0.15, 0.2) is 24.3 Å². The summed E-state index contributed by atoms with van der Waals surface area (Å²) in [6.45, 7) is 3.63. The van der Waals surface area contributed by atoms with Crippen LogP contribution in [0.4, 0.5) is 5.69 Å². The monoisotopic (exact) mass is 440 g/mol. The second-order valence-electron chi connectivity index (χ2n) is 9.49. The van der Waals surface area contributed by atoms with Crippen molar-refractivity contribution in [1.29, 1.82) is 0 Å². The zero-order valence-corrected chi connectivity index (χ0v) is 19.0. The van der Waals surface area contributed by atoms with Gasteiger partial charge in [-0.2, -0.15) is 0 Å². The number of rotatable bonds is 7. The van der Waals surface area contributed by atoms with Gasteiger partial charge < -0.3 is 15.5 Å². The summed E-state index contributed by atoms with van der Waals surface area (Å²) in [7, 11) is 0. The summed E-state index contributed by atoms with van der Waals surface area (Å²) in [4.78, 5) is 41.2. The Kier molecular flexibility index (Phi) is 7.45. The molecule has 3 aliphatic rings. The maximum Gasteiger partial charge on any atom is 0.251 e. The van der Waals surface area contributed by atoms with Gasteiger partial charge in [0.05, 0.1) is 6.54 Å². The van der Waals surface area contributed by atoms with E-state index in [-0.39, 0.29) is 29.8 Å². The van der Waals surface area contributed by atoms with Gasteiger partial charge in [0.25, 0.3) is 5.91 Å². The number of hydrogen-bond acceptors (Lipinski definition) is 4. The van der Waals surface area contributed by atoms with Crippen LogP contribution in [0, 0.1) is 0 Å². The summed E-state index contributed by atoms with van der Waals surface area (Å²) in [6, 6.07) is 7.01. The minimum absolute atomic E-state index is 0.0265. The molecule has 32 heavy (non-hydrogen) atoms. The number of benzene rings is 1. The highest BCUT2D eigenvalue weighted by molar-refractivity contribution is 5.98. The zero-order chi connectivity index (χ0) is 22.4. The molecule has 7 nitrogen and oxygen atoms in total. The van der Waals surface area contributed by atoms with Crippen LogP contribution in [0.3, 0.4) is 0 Å². The van der Waals surface area contributed by atoms with Crippen LogP contribution in [0.25, 0.3) is 0 Å². The predicted molar refractivity (Wildman–Crippen MR) is 125 cm³/mol. The Morgan fingerprint density at radius 3 is 2.19 bits per heavy atom. The normalized spacial score (nSPS) is 21.4. The van der Waals surface area contributed by atoms with Crippen LogP contribution in [-0.4, -0.2) is 60.9 Å². The molecule has 3 amide bonds. The average Bonchev–Trinajstić information content (AvgIpc) is 3.28. The van der Waals surface area contributed by atoms with E-state index in [1.165, 1.54) is 38.5 Å². The highest BCUT2D eigenvalue weighted by Crippen LogP contribution is 2.35. The third kappa shape index (κ3) is 5.31. The van der Waals surface area contributed by atoms with E-state index in [9.17, 15) is 14.4 Å². The minimum atomic E-state index is -0.275. The van der Waals surface area contributed by atoms with Crippen LogP contribution >= 0.6 is 0 Å². The van der Waals surface area contributed by atoms with Gasteiger partial charge in [0.2, 0.25) is 11.8 Å². The third-order valence-electron chi connectivity index (χ3n) is 7.35. The maximum atomic E-state index is 12.5. The fourth-order valence-corrected chi connectivity index (χ4v) is 5.49. The molecule has 0 radical (unpaired) electrons. The van der Waals surface area contributed by atoms with Crippen molar-refractivity contribution in [3.8, 4) is 0 Å². The highest BCUT2D eigenvalue weighted by atomic mass is 16.2. The van der Waals surface area contributed by atoms with Gasteiger partial charge in [0.1, 0.15) is 0 Å². The van der Waals surface area contributed by atoms with E-state index in [1.807, 2.05) is 0 Å². The summed E-state index contributed by atoms with van der Waals surface area (Å²) in [6.07, 6.45) is 11.3. The Morgan fingerprint density at radius 1 is 0.844 bits per heavy atom. The predicted octanol–water partition coefficient (Wildman–Crippen LogP) is 2.85. The van der Waals surface area contributed by atoms with Gasteiger partial charge in [-0.3, -0.25) is 19.3 Å². The molecule has 2 heterocycles. The SMILES string of the molecule is O=C(CNC(=O)c1ccc(N2CCCC2=O)cc1)NCC1(N2CCCCC2)CCCCC1. The molecule has 1 saturated carbocycles. The van der Waals surface area contributed by atoms with Gasteiger partial charge in [-0.15, -0.1) is 0 Å². The van der Waals surface area contributed by atoms with Crippen molar-refractivity contribution in [2.24, 2.45) is 0 Å². The summed E-state index contributed by atoms with van der Waals surface area (Å²) in [5.41, 5.74) is 1.39. The molecule has 0 bridgehead atoms. The van der Waals surface area contributed by atoms with Crippen LogP contribution < -0.4 is 15.5 Å². The van der Waals surface area contributed by atoms with Crippen molar-refractivity contribution >= 4 is 23.4 Å². The number of nitrogens with zero attached hydrogens (tertiary/aromatic N) is 2. The van der Waals surface area contributed by atoms with E-state index in [1.54, 1.807) is 29.2 Å². The molecule has 4 rings (SSSR count). The van der Waals surface area contributed by atoms with Crippen molar-refractivity contribution in [2.75, 3.05) is 37.6 Å². The van der Waals surface area contributed by atoms with Gasteiger partial charge in [-0.05, 0) is 69.5 Å². The van der Waals surface area contributed by atoms with E-state index in [0.29, 0.717) is 18.5 Å². The maximum absolute atomic E-state index is 12.5. The van der Waals surface area contributed by atoms with Gasteiger partial charge in [-0.1, -0.05) is 25.7 Å². The molecule has 1 aromatic rings. The molecule has 1 aromatic carbocycles. The molecule has 1 aliphatic carbocycles. The summed E-state index contributed by atoms with van der Waals surface area (Å²) in [5, 5.41) is 5.84. The van der Waals surface area contributed by atoms with Gasteiger partial charge in [0, 0.05) is 36.3 Å². The number of carbonyl (C=O) groups excluding carboxylic acids is 3. The van der Waals surface area contributed by atoms with E-state index in [2.05, 4.69) is 15.5 Å². The number of likely N-dealkylation sites (tertiary alicyclic amines) is 1. The van der Waals surface area contributed by atoms with Gasteiger partial charge >= 0.3 is 0 Å². The lowest BCUT2D eigenvalue weighted by Crippen LogP contribution is -2.58. The number of amides is 3. The Labute approximate surface area is 190 Å². The number of piperidine rings is 1. The van der Waals surface area contributed by atoms with Crippen molar-refractivity contribution < 1.29 is 14.4 Å². The van der Waals surface area contributed by atoms with E-state index >= 15 is 0 Å². The Bertz CT molecular complexity index is 811. The lowest BCUT2D eigenvalue weighted by molar-refractivity contribution is -0.121. The number of carbonyl (C=O) groups is 3. The molecule has 2 saturated heterocycles. The first kappa shape index (κ1) is 22.8. The molecule has 2 aliphatic heterocycles. The molecule has 2 N–H and O–H groups in total. The fourth-order valence-electron chi connectivity index (χ4n) is 5.49. The largest absolute Gasteiger partial charge is 0.353 e. The van der Waals surface area contributed by atoms with E-state index in [4.69, 9.17) is 0 Å². The van der Waals surface area contributed by atoms with Crippen molar-refractivity contribution in [2.45, 2.75) is 69.7 Å². The minimum Gasteiger partial charge on any atom is -0.353 e. The van der Waals surface area contributed by atoms with Crippen LogP contribution in [-0.2, 0) is 9.59 Å². The lowest BCUT2D eigenvalue weighted by Gasteiger charge is -2.48. The van der Waals surface area contributed by atoms with Crippen molar-refractivity contribution in [1.82, 2.24) is 15.5 Å². The van der Waals surface area contributed by atoms with Gasteiger partial charge in [-0.25, -0.2) is 0 Å².